The van der Waals surface area contributed by atoms with Crippen molar-refractivity contribution in [1.29, 1.82) is 5.26 Å². The monoisotopic (exact) mass is 287 g/mol. The zero-order chi connectivity index (χ0) is 15.6. The second-order valence-corrected chi connectivity index (χ2v) is 5.10. The quantitative estimate of drug-likeness (QED) is 0.854. The molecule has 3 amide bonds. The number of carbonyl (C=O) groups is 2. The molecule has 1 heterocycles. The average Bonchev–Trinajstić information content (AvgIpc) is 2.68. The third-order valence-corrected chi connectivity index (χ3v) is 3.69. The predicted molar refractivity (Wildman–Crippen MR) is 75.6 cm³/mol. The fraction of sp³-hybridized carbons (Fsp3) is 0.400. The molecule has 110 valence electrons. The number of nitrogens with zero attached hydrogens (tertiary/aromatic N) is 2. The Morgan fingerprint density at radius 3 is 2.71 bits per heavy atom. The summed E-state index contributed by atoms with van der Waals surface area (Å²) < 4.78 is 5.20. The van der Waals surface area contributed by atoms with Crippen molar-refractivity contribution in [1.82, 2.24) is 10.2 Å². The maximum Gasteiger partial charge on any atom is 0.325 e. The van der Waals surface area contributed by atoms with Crippen molar-refractivity contribution in [2.45, 2.75) is 25.8 Å². The number of amides is 3. The van der Waals surface area contributed by atoms with Crippen LogP contribution in [0, 0.1) is 18.3 Å². The highest BCUT2D eigenvalue weighted by atomic mass is 16.5. The minimum absolute atomic E-state index is 0.103. The molecule has 0 aromatic heterocycles. The van der Waals surface area contributed by atoms with E-state index in [1.54, 1.807) is 26.2 Å². The molecule has 0 bridgehead atoms. The summed E-state index contributed by atoms with van der Waals surface area (Å²) in [6.45, 7) is 3.65. The SMILES string of the molecule is COc1ccc(C2(C)NC(=O)N(CCC#N)C2=O)cc1C. The molecule has 0 spiro atoms. The molecule has 1 saturated heterocycles. The molecule has 1 fully saturated rings. The van der Waals surface area contributed by atoms with Crippen LogP contribution in [0.2, 0.25) is 0 Å². The van der Waals surface area contributed by atoms with Crippen molar-refractivity contribution >= 4 is 11.9 Å². The molecule has 1 aromatic rings. The zero-order valence-electron chi connectivity index (χ0n) is 12.3. The minimum atomic E-state index is -1.11. The van der Waals surface area contributed by atoms with Gasteiger partial charge in [-0.05, 0) is 37.1 Å². The number of benzene rings is 1. The Morgan fingerprint density at radius 1 is 1.43 bits per heavy atom. The van der Waals surface area contributed by atoms with Crippen LogP contribution in [0.3, 0.4) is 0 Å². The second kappa shape index (κ2) is 5.44. The van der Waals surface area contributed by atoms with Crippen molar-refractivity contribution in [3.05, 3.63) is 29.3 Å². The molecule has 1 unspecified atom stereocenters. The van der Waals surface area contributed by atoms with Gasteiger partial charge >= 0.3 is 6.03 Å². The first-order chi connectivity index (χ1) is 9.93. The van der Waals surface area contributed by atoms with Gasteiger partial charge in [0.2, 0.25) is 0 Å². The Labute approximate surface area is 123 Å². The van der Waals surface area contributed by atoms with Gasteiger partial charge in [-0.1, -0.05) is 6.07 Å². The number of nitrogens with one attached hydrogen (secondary N) is 1. The molecule has 1 aliphatic heterocycles. The number of nitriles is 1. The molecule has 1 aliphatic rings. The van der Waals surface area contributed by atoms with E-state index >= 15 is 0 Å². The van der Waals surface area contributed by atoms with E-state index in [0.29, 0.717) is 5.56 Å². The first-order valence-corrected chi connectivity index (χ1v) is 6.60. The fourth-order valence-electron chi connectivity index (χ4n) is 2.45. The van der Waals surface area contributed by atoms with E-state index in [4.69, 9.17) is 10.00 Å². The topological polar surface area (TPSA) is 82.4 Å². The van der Waals surface area contributed by atoms with Gasteiger partial charge < -0.3 is 10.1 Å². The number of hydrogen-bond donors (Lipinski definition) is 1. The van der Waals surface area contributed by atoms with E-state index in [0.717, 1.165) is 16.2 Å². The molecule has 0 saturated carbocycles. The Hall–Kier alpha value is -2.55. The molecule has 2 rings (SSSR count). The lowest BCUT2D eigenvalue weighted by Gasteiger charge is -2.23. The molecule has 6 nitrogen and oxygen atoms in total. The summed E-state index contributed by atoms with van der Waals surface area (Å²) in [5.41, 5.74) is 0.469. The molecule has 1 aromatic carbocycles. The van der Waals surface area contributed by atoms with Crippen LogP contribution in [-0.2, 0) is 10.3 Å². The van der Waals surface area contributed by atoms with Crippen molar-refractivity contribution in [2.75, 3.05) is 13.7 Å². The summed E-state index contributed by atoms with van der Waals surface area (Å²) in [4.78, 5) is 25.5. The largest absolute Gasteiger partial charge is 0.496 e. The number of aryl methyl sites for hydroxylation is 1. The molecule has 1 N–H and O–H groups in total. The van der Waals surface area contributed by atoms with E-state index < -0.39 is 11.6 Å². The summed E-state index contributed by atoms with van der Waals surface area (Å²) in [5, 5.41) is 11.3. The zero-order valence-corrected chi connectivity index (χ0v) is 12.3. The number of rotatable bonds is 4. The minimum Gasteiger partial charge on any atom is -0.496 e. The Kier molecular flexibility index (Phi) is 3.85. The average molecular weight is 287 g/mol. The highest BCUT2D eigenvalue weighted by Gasteiger charge is 2.48. The molecule has 21 heavy (non-hydrogen) atoms. The van der Waals surface area contributed by atoms with Gasteiger partial charge in [-0.3, -0.25) is 9.69 Å². The van der Waals surface area contributed by atoms with E-state index in [9.17, 15) is 9.59 Å². The Bertz CT molecular complexity index is 636. The summed E-state index contributed by atoms with van der Waals surface area (Å²) in [5.74, 6) is 0.382. The van der Waals surface area contributed by atoms with Crippen molar-refractivity contribution in [3.8, 4) is 11.8 Å². The van der Waals surface area contributed by atoms with Gasteiger partial charge in [-0.15, -0.1) is 0 Å². The normalized spacial score (nSPS) is 21.1. The van der Waals surface area contributed by atoms with Crippen LogP contribution in [0.5, 0.6) is 5.75 Å². The summed E-state index contributed by atoms with van der Waals surface area (Å²) in [6.07, 6.45) is 0.122. The predicted octanol–water partition coefficient (Wildman–Crippen LogP) is 1.68. The summed E-state index contributed by atoms with van der Waals surface area (Å²) >= 11 is 0. The van der Waals surface area contributed by atoms with Crippen LogP contribution >= 0.6 is 0 Å². The van der Waals surface area contributed by atoms with E-state index in [2.05, 4.69) is 5.32 Å². The molecule has 0 aliphatic carbocycles. The number of imide groups is 1. The van der Waals surface area contributed by atoms with E-state index in [1.165, 1.54) is 0 Å². The van der Waals surface area contributed by atoms with Crippen LogP contribution in [0.1, 0.15) is 24.5 Å². The maximum atomic E-state index is 12.5. The summed E-state index contributed by atoms with van der Waals surface area (Å²) in [7, 11) is 1.58. The lowest BCUT2D eigenvalue weighted by atomic mass is 9.90. The van der Waals surface area contributed by atoms with Crippen molar-refractivity contribution < 1.29 is 14.3 Å². The van der Waals surface area contributed by atoms with Crippen LogP contribution in [0.25, 0.3) is 0 Å². The van der Waals surface area contributed by atoms with E-state index in [1.807, 2.05) is 19.1 Å². The number of methoxy groups -OCH3 is 1. The van der Waals surface area contributed by atoms with Gasteiger partial charge in [0.25, 0.3) is 5.91 Å². The number of ether oxygens (including phenoxy) is 1. The third kappa shape index (κ3) is 2.42. The van der Waals surface area contributed by atoms with Gasteiger partial charge in [-0.25, -0.2) is 4.79 Å². The number of carbonyl (C=O) groups excluding carboxylic acids is 2. The summed E-state index contributed by atoms with van der Waals surface area (Å²) in [6, 6.07) is 6.83. The van der Waals surface area contributed by atoms with Crippen LogP contribution in [-0.4, -0.2) is 30.5 Å². The van der Waals surface area contributed by atoms with Crippen molar-refractivity contribution in [3.63, 3.8) is 0 Å². The smallest absolute Gasteiger partial charge is 0.325 e. The number of hydrogen-bond acceptors (Lipinski definition) is 4. The Balaban J connectivity index is 2.35. The third-order valence-electron chi connectivity index (χ3n) is 3.69. The van der Waals surface area contributed by atoms with Crippen LogP contribution < -0.4 is 10.1 Å². The van der Waals surface area contributed by atoms with Gasteiger partial charge in [0.05, 0.1) is 19.6 Å². The standard InChI is InChI=1S/C15H17N3O3/c1-10-9-11(5-6-12(10)21-3)15(2)13(19)18(8-4-7-16)14(20)17-15/h5-6,9H,4,8H2,1-3H3,(H,17,20). The lowest BCUT2D eigenvalue weighted by Crippen LogP contribution is -2.41. The van der Waals surface area contributed by atoms with Gasteiger partial charge in [-0.2, -0.15) is 5.26 Å². The van der Waals surface area contributed by atoms with Gasteiger partial charge in [0.1, 0.15) is 11.3 Å². The first kappa shape index (κ1) is 14.9. The van der Waals surface area contributed by atoms with Crippen LogP contribution in [0.15, 0.2) is 18.2 Å². The number of urea groups is 1. The lowest BCUT2D eigenvalue weighted by molar-refractivity contribution is -0.131. The molecule has 6 heteroatoms. The first-order valence-electron chi connectivity index (χ1n) is 6.60. The highest BCUT2D eigenvalue weighted by Crippen LogP contribution is 2.31. The van der Waals surface area contributed by atoms with E-state index in [-0.39, 0.29) is 18.9 Å². The van der Waals surface area contributed by atoms with Gasteiger partial charge in [0.15, 0.2) is 0 Å². The second-order valence-electron chi connectivity index (χ2n) is 5.10. The Morgan fingerprint density at radius 2 is 2.14 bits per heavy atom. The molecular weight excluding hydrogens is 270 g/mol. The fourth-order valence-corrected chi connectivity index (χ4v) is 2.45. The molecule has 1 atom stereocenters. The van der Waals surface area contributed by atoms with Crippen molar-refractivity contribution in [2.24, 2.45) is 0 Å². The molecule has 0 radical (unpaired) electrons. The molecular formula is C15H17N3O3. The van der Waals surface area contributed by atoms with Gasteiger partial charge in [0, 0.05) is 6.54 Å². The van der Waals surface area contributed by atoms with Crippen LogP contribution in [0.4, 0.5) is 4.79 Å². The maximum absolute atomic E-state index is 12.5. The highest BCUT2D eigenvalue weighted by molar-refractivity contribution is 6.07.